The van der Waals surface area contributed by atoms with E-state index in [1.54, 1.807) is 0 Å². The predicted octanol–water partition coefficient (Wildman–Crippen LogP) is 20.7. The first-order valence-corrected chi connectivity index (χ1v) is 28.8. The Balaban J connectivity index is 1.10. The molecule has 0 atom stereocenters. The summed E-state index contributed by atoms with van der Waals surface area (Å²) in [6.07, 6.45) is 0. The molecule has 3 aromatic heterocycles. The smallest absolute Gasteiger partial charge is 0.164 e. The van der Waals surface area contributed by atoms with Crippen LogP contribution in [-0.2, 0) is 5.41 Å². The zero-order valence-corrected chi connectivity index (χ0v) is 46.9. The third-order valence-corrected chi connectivity index (χ3v) is 16.6. The third-order valence-electron chi connectivity index (χ3n) is 16.6. The van der Waals surface area contributed by atoms with Crippen LogP contribution < -0.4 is 0 Å². The molecule has 0 saturated carbocycles. The molecule has 398 valence electrons. The number of aromatic nitrogens is 5. The number of rotatable bonds is 10. The van der Waals surface area contributed by atoms with Gasteiger partial charge in [0.15, 0.2) is 17.5 Å². The van der Waals surface area contributed by atoms with Gasteiger partial charge in [-0.05, 0) is 98.5 Å². The lowest BCUT2D eigenvalue weighted by Crippen LogP contribution is -2.10. The van der Waals surface area contributed by atoms with Gasteiger partial charge in [0, 0.05) is 54.9 Å². The molecule has 0 N–H and O–H groups in total. The molecule has 3 heterocycles. The number of fused-ring (bicyclic) bond motifs is 6. The van der Waals surface area contributed by atoms with E-state index in [9.17, 15) is 0 Å². The van der Waals surface area contributed by atoms with E-state index in [1.807, 2.05) is 36.4 Å². The van der Waals surface area contributed by atoms with E-state index >= 15 is 0 Å². The molecule has 0 aliphatic heterocycles. The minimum atomic E-state index is -0.117. The fourth-order valence-electron chi connectivity index (χ4n) is 12.3. The number of nitrogens with zero attached hydrogens (tertiary/aromatic N) is 5. The standard InChI is InChI=1S/C79H57N5/c1-79(2,3)62-45-46-72-68(49-62)69-50-65(56-27-13-6-14-28-56)73(83-70-35-21-19-33-63(70)64-34-20-22-36-71(64)83)51-74(69)84(72)75-66(57-41-37-54(38-42-57)52-23-9-4-10-24-52)47-61(48-67(75)58-43-39-55(40-44-58)53-25-11-5-12-26-53)78-81-76(59-29-15-7-16-30-59)80-77(82-78)60-31-17-8-18-32-60/h4-51H,1-3H3. The Hall–Kier alpha value is -10.8. The Morgan fingerprint density at radius 1 is 0.250 bits per heavy atom. The van der Waals surface area contributed by atoms with Gasteiger partial charge in [0.1, 0.15) is 0 Å². The van der Waals surface area contributed by atoms with E-state index in [1.165, 1.54) is 21.7 Å². The highest BCUT2D eigenvalue weighted by Gasteiger charge is 2.27. The lowest BCUT2D eigenvalue weighted by atomic mass is 9.86. The molecule has 0 saturated heterocycles. The monoisotopic (exact) mass is 1080 g/mol. The van der Waals surface area contributed by atoms with E-state index < -0.39 is 0 Å². The highest BCUT2D eigenvalue weighted by molar-refractivity contribution is 6.15. The molecule has 0 amide bonds. The molecule has 5 nitrogen and oxygen atoms in total. The van der Waals surface area contributed by atoms with E-state index in [0.717, 1.165) is 111 Å². The molecule has 12 aromatic carbocycles. The summed E-state index contributed by atoms with van der Waals surface area (Å²) in [4.78, 5) is 16.0. The zero-order valence-electron chi connectivity index (χ0n) is 46.9. The summed E-state index contributed by atoms with van der Waals surface area (Å²) in [6, 6.07) is 105. The molecule has 0 fully saturated rings. The van der Waals surface area contributed by atoms with Gasteiger partial charge in [0.05, 0.1) is 33.4 Å². The molecule has 0 bridgehead atoms. The lowest BCUT2D eigenvalue weighted by molar-refractivity contribution is 0.591. The first-order chi connectivity index (χ1) is 41.3. The van der Waals surface area contributed by atoms with Crippen LogP contribution in [0.2, 0.25) is 0 Å². The minimum absolute atomic E-state index is 0.117. The van der Waals surface area contributed by atoms with Crippen LogP contribution in [0.25, 0.3) is 145 Å². The van der Waals surface area contributed by atoms with Gasteiger partial charge < -0.3 is 9.13 Å². The van der Waals surface area contributed by atoms with Crippen LogP contribution in [0.3, 0.4) is 0 Å². The third kappa shape index (κ3) is 8.95. The van der Waals surface area contributed by atoms with Crippen molar-refractivity contribution in [3.8, 4) is 101 Å². The molecule has 5 heteroatoms. The second-order valence-corrected chi connectivity index (χ2v) is 22.8. The SMILES string of the molecule is CC(C)(C)c1ccc2c(c1)c1cc(-c3ccccc3)c(-n3c4ccccc4c4ccccc43)cc1n2-c1c(-c2ccc(-c3ccccc3)cc2)cc(-c2nc(-c3ccccc3)nc(-c3ccccc3)n2)cc1-c1ccc(-c2ccccc2)cc1. The lowest BCUT2D eigenvalue weighted by Gasteiger charge is -2.22. The Kier molecular flexibility index (Phi) is 12.4. The van der Waals surface area contributed by atoms with E-state index in [0.29, 0.717) is 17.5 Å². The van der Waals surface area contributed by atoms with Crippen LogP contribution in [0, 0.1) is 0 Å². The fraction of sp³-hybridized carbons (Fsp3) is 0.0506. The van der Waals surface area contributed by atoms with Gasteiger partial charge in [0.2, 0.25) is 0 Å². The van der Waals surface area contributed by atoms with Crippen LogP contribution in [0.1, 0.15) is 26.3 Å². The number of para-hydroxylation sites is 2. The maximum atomic E-state index is 5.40. The van der Waals surface area contributed by atoms with Crippen molar-refractivity contribution < 1.29 is 0 Å². The summed E-state index contributed by atoms with van der Waals surface area (Å²) in [5.41, 5.74) is 21.5. The van der Waals surface area contributed by atoms with Crippen molar-refractivity contribution >= 4 is 43.6 Å². The van der Waals surface area contributed by atoms with Gasteiger partial charge in [0.25, 0.3) is 0 Å². The Labute approximate surface area is 489 Å². The molecular weight excluding hydrogens is 1020 g/mol. The average Bonchev–Trinajstić information content (AvgIpc) is 3.26. The van der Waals surface area contributed by atoms with E-state index in [4.69, 9.17) is 15.0 Å². The van der Waals surface area contributed by atoms with Crippen LogP contribution >= 0.6 is 0 Å². The second-order valence-electron chi connectivity index (χ2n) is 22.8. The van der Waals surface area contributed by atoms with Crippen LogP contribution in [0.4, 0.5) is 0 Å². The molecule has 0 aliphatic rings. The van der Waals surface area contributed by atoms with Gasteiger partial charge in [-0.2, -0.15) is 0 Å². The average molecular weight is 1080 g/mol. The van der Waals surface area contributed by atoms with Gasteiger partial charge in [-0.1, -0.05) is 263 Å². The van der Waals surface area contributed by atoms with Crippen molar-refractivity contribution in [2.45, 2.75) is 26.2 Å². The topological polar surface area (TPSA) is 48.5 Å². The van der Waals surface area contributed by atoms with Gasteiger partial charge >= 0.3 is 0 Å². The normalized spacial score (nSPS) is 11.8. The minimum Gasteiger partial charge on any atom is -0.309 e. The maximum absolute atomic E-state index is 5.40. The first-order valence-electron chi connectivity index (χ1n) is 28.8. The quantitative estimate of drug-likeness (QED) is 0.137. The molecule has 15 aromatic rings. The predicted molar refractivity (Wildman–Crippen MR) is 351 cm³/mol. The maximum Gasteiger partial charge on any atom is 0.164 e. The summed E-state index contributed by atoms with van der Waals surface area (Å²) >= 11 is 0. The van der Waals surface area contributed by atoms with Crippen molar-refractivity contribution in [2.24, 2.45) is 0 Å². The van der Waals surface area contributed by atoms with Crippen molar-refractivity contribution in [3.63, 3.8) is 0 Å². The van der Waals surface area contributed by atoms with E-state index in [-0.39, 0.29) is 5.41 Å². The van der Waals surface area contributed by atoms with Gasteiger partial charge in [-0.25, -0.2) is 15.0 Å². The second kappa shape index (κ2) is 20.7. The number of hydrogen-bond acceptors (Lipinski definition) is 3. The number of hydrogen-bond donors (Lipinski definition) is 0. The van der Waals surface area contributed by atoms with E-state index in [2.05, 4.69) is 285 Å². The highest BCUT2D eigenvalue weighted by Crippen LogP contribution is 2.48. The molecule has 0 radical (unpaired) electrons. The molecule has 84 heavy (non-hydrogen) atoms. The Morgan fingerprint density at radius 2 is 0.607 bits per heavy atom. The first kappa shape index (κ1) is 50.2. The van der Waals surface area contributed by atoms with Crippen LogP contribution in [0.15, 0.2) is 291 Å². The van der Waals surface area contributed by atoms with Crippen LogP contribution in [-0.4, -0.2) is 24.1 Å². The van der Waals surface area contributed by atoms with Gasteiger partial charge in [-0.3, -0.25) is 0 Å². The summed E-state index contributed by atoms with van der Waals surface area (Å²) in [6.45, 7) is 6.93. The molecule has 15 rings (SSSR count). The van der Waals surface area contributed by atoms with Gasteiger partial charge in [-0.15, -0.1) is 0 Å². The van der Waals surface area contributed by atoms with Crippen molar-refractivity contribution in [2.75, 3.05) is 0 Å². The number of benzene rings is 12. The summed E-state index contributed by atoms with van der Waals surface area (Å²) in [7, 11) is 0. The van der Waals surface area contributed by atoms with Crippen LogP contribution in [0.5, 0.6) is 0 Å². The summed E-state index contributed by atoms with van der Waals surface area (Å²) in [5, 5.41) is 4.77. The summed E-state index contributed by atoms with van der Waals surface area (Å²) in [5.74, 6) is 1.79. The highest BCUT2D eigenvalue weighted by atomic mass is 15.0. The van der Waals surface area contributed by atoms with Crippen molar-refractivity contribution in [1.29, 1.82) is 0 Å². The molecule has 0 aliphatic carbocycles. The molecule has 0 unspecified atom stereocenters. The van der Waals surface area contributed by atoms with Crippen molar-refractivity contribution in [1.82, 2.24) is 24.1 Å². The Morgan fingerprint density at radius 3 is 1.07 bits per heavy atom. The molecule has 0 spiro atoms. The fourth-order valence-corrected chi connectivity index (χ4v) is 12.3. The molecular formula is C79H57N5. The Bertz CT molecular complexity index is 4710. The largest absolute Gasteiger partial charge is 0.309 e. The zero-order chi connectivity index (χ0) is 56.3. The van der Waals surface area contributed by atoms with Crippen molar-refractivity contribution in [3.05, 3.63) is 297 Å². The summed E-state index contributed by atoms with van der Waals surface area (Å²) < 4.78 is 5.05.